The molecule has 18 heavy (non-hydrogen) atoms. The van der Waals surface area contributed by atoms with Gasteiger partial charge in [0, 0.05) is 18.1 Å². The summed E-state index contributed by atoms with van der Waals surface area (Å²) in [6.45, 7) is 0. The zero-order chi connectivity index (χ0) is 13.0. The van der Waals surface area contributed by atoms with Gasteiger partial charge in [-0.15, -0.1) is 0 Å². The van der Waals surface area contributed by atoms with Crippen LogP contribution in [0.25, 0.3) is 0 Å². The summed E-state index contributed by atoms with van der Waals surface area (Å²) < 4.78 is 0. The smallest absolute Gasteiger partial charge is 0.258 e. The van der Waals surface area contributed by atoms with Crippen molar-refractivity contribution in [3.05, 3.63) is 58.9 Å². The van der Waals surface area contributed by atoms with Crippen molar-refractivity contribution in [2.45, 2.75) is 0 Å². The molecule has 0 bridgehead atoms. The van der Waals surface area contributed by atoms with Crippen LogP contribution in [0.15, 0.2) is 42.7 Å². The number of carbonyl (C=O) groups is 1. The normalized spacial score (nSPS) is 9.56. The number of pyridine rings is 1. The molecule has 0 aliphatic rings. The summed E-state index contributed by atoms with van der Waals surface area (Å²) in [5.41, 5.74) is 1.31. The first kappa shape index (κ1) is 12.1. The first-order valence-corrected chi connectivity index (χ1v) is 5.49. The minimum absolute atomic E-state index is 0.293. The van der Waals surface area contributed by atoms with E-state index in [9.17, 15) is 4.79 Å². The Labute approximate surface area is 109 Å². The van der Waals surface area contributed by atoms with Crippen LogP contribution in [0.5, 0.6) is 0 Å². The van der Waals surface area contributed by atoms with Crippen molar-refractivity contribution in [1.29, 1.82) is 5.26 Å². The molecule has 1 aromatic carbocycles. The molecule has 1 N–H and O–H groups in total. The summed E-state index contributed by atoms with van der Waals surface area (Å²) in [5, 5.41) is 11.8. The van der Waals surface area contributed by atoms with Gasteiger partial charge in [-0.2, -0.15) is 5.26 Å². The van der Waals surface area contributed by atoms with Gasteiger partial charge in [0.15, 0.2) is 0 Å². The fraction of sp³-hybridized carbons (Fsp3) is 0. The molecular formula is C13H8ClN3O. The maximum absolute atomic E-state index is 11.9. The van der Waals surface area contributed by atoms with E-state index in [1.54, 1.807) is 30.3 Å². The standard InChI is InChI=1S/C13H8ClN3O/c14-12-4-5-16-8-11(12)13(18)17-10-3-1-2-9(6-10)7-15/h1-6,8H,(H,17,18). The van der Waals surface area contributed by atoms with Crippen LogP contribution < -0.4 is 5.32 Å². The number of benzene rings is 1. The van der Waals surface area contributed by atoms with Crippen molar-refractivity contribution in [3.63, 3.8) is 0 Å². The van der Waals surface area contributed by atoms with Gasteiger partial charge < -0.3 is 5.32 Å². The number of halogens is 1. The van der Waals surface area contributed by atoms with Crippen molar-refractivity contribution in [2.24, 2.45) is 0 Å². The van der Waals surface area contributed by atoms with Crippen LogP contribution in [0.2, 0.25) is 5.02 Å². The zero-order valence-electron chi connectivity index (χ0n) is 9.22. The Morgan fingerprint density at radius 2 is 2.22 bits per heavy atom. The highest BCUT2D eigenvalue weighted by molar-refractivity contribution is 6.34. The molecule has 2 aromatic rings. The van der Waals surface area contributed by atoms with E-state index >= 15 is 0 Å². The van der Waals surface area contributed by atoms with Gasteiger partial charge in [-0.3, -0.25) is 9.78 Å². The maximum atomic E-state index is 11.9. The lowest BCUT2D eigenvalue weighted by molar-refractivity contribution is 0.102. The van der Waals surface area contributed by atoms with Crippen LogP contribution in [-0.2, 0) is 0 Å². The second-order valence-electron chi connectivity index (χ2n) is 3.50. The molecule has 0 spiro atoms. The second kappa shape index (κ2) is 5.30. The van der Waals surface area contributed by atoms with Gasteiger partial charge in [0.05, 0.1) is 22.2 Å². The van der Waals surface area contributed by atoms with E-state index in [-0.39, 0.29) is 5.91 Å². The van der Waals surface area contributed by atoms with E-state index in [0.29, 0.717) is 21.8 Å². The number of hydrogen-bond donors (Lipinski definition) is 1. The third-order valence-electron chi connectivity index (χ3n) is 2.26. The van der Waals surface area contributed by atoms with Crippen LogP contribution in [0.3, 0.4) is 0 Å². The number of amides is 1. The van der Waals surface area contributed by atoms with Crippen LogP contribution in [0, 0.1) is 11.3 Å². The average molecular weight is 258 g/mol. The summed E-state index contributed by atoms with van der Waals surface area (Å²) in [4.78, 5) is 15.8. The predicted molar refractivity (Wildman–Crippen MR) is 68.4 cm³/mol. The first-order valence-electron chi connectivity index (χ1n) is 5.12. The summed E-state index contributed by atoms with van der Waals surface area (Å²) >= 11 is 5.89. The third kappa shape index (κ3) is 2.65. The number of anilines is 1. The Hall–Kier alpha value is -2.38. The van der Waals surface area contributed by atoms with Gasteiger partial charge in [-0.25, -0.2) is 0 Å². The molecule has 0 atom stereocenters. The highest BCUT2D eigenvalue weighted by Crippen LogP contribution is 2.16. The molecule has 0 aliphatic heterocycles. The predicted octanol–water partition coefficient (Wildman–Crippen LogP) is 2.86. The van der Waals surface area contributed by atoms with Crippen molar-refractivity contribution in [1.82, 2.24) is 4.98 Å². The van der Waals surface area contributed by atoms with E-state index < -0.39 is 0 Å². The number of nitriles is 1. The highest BCUT2D eigenvalue weighted by atomic mass is 35.5. The Morgan fingerprint density at radius 3 is 2.94 bits per heavy atom. The molecule has 1 amide bonds. The van der Waals surface area contributed by atoms with Gasteiger partial charge >= 0.3 is 0 Å². The molecule has 0 unspecified atom stereocenters. The molecule has 0 saturated carbocycles. The molecule has 0 fully saturated rings. The fourth-order valence-corrected chi connectivity index (χ4v) is 1.60. The molecule has 0 saturated heterocycles. The lowest BCUT2D eigenvalue weighted by Crippen LogP contribution is -2.12. The molecule has 2 rings (SSSR count). The number of hydrogen-bond acceptors (Lipinski definition) is 3. The number of carbonyl (C=O) groups excluding carboxylic acids is 1. The second-order valence-corrected chi connectivity index (χ2v) is 3.91. The minimum atomic E-state index is -0.358. The molecule has 1 aromatic heterocycles. The topological polar surface area (TPSA) is 65.8 Å². The Balaban J connectivity index is 2.22. The first-order chi connectivity index (χ1) is 8.70. The Morgan fingerprint density at radius 1 is 1.39 bits per heavy atom. The molecule has 5 heteroatoms. The van der Waals surface area contributed by atoms with Crippen LogP contribution >= 0.6 is 11.6 Å². The van der Waals surface area contributed by atoms with Crippen molar-refractivity contribution < 1.29 is 4.79 Å². The quantitative estimate of drug-likeness (QED) is 0.900. The van der Waals surface area contributed by atoms with Crippen LogP contribution in [0.4, 0.5) is 5.69 Å². The van der Waals surface area contributed by atoms with Gasteiger partial charge in [0.25, 0.3) is 5.91 Å². The average Bonchev–Trinajstić information content (AvgIpc) is 2.39. The third-order valence-corrected chi connectivity index (χ3v) is 2.59. The van der Waals surface area contributed by atoms with E-state index in [0.717, 1.165) is 0 Å². The number of nitrogens with zero attached hydrogens (tertiary/aromatic N) is 2. The van der Waals surface area contributed by atoms with E-state index in [4.69, 9.17) is 16.9 Å². The van der Waals surface area contributed by atoms with Gasteiger partial charge in [0.2, 0.25) is 0 Å². The summed E-state index contributed by atoms with van der Waals surface area (Å²) in [6, 6.07) is 10.2. The minimum Gasteiger partial charge on any atom is -0.322 e. The fourth-order valence-electron chi connectivity index (χ4n) is 1.41. The lowest BCUT2D eigenvalue weighted by Gasteiger charge is -2.06. The van der Waals surface area contributed by atoms with Gasteiger partial charge in [-0.05, 0) is 24.3 Å². The van der Waals surface area contributed by atoms with Crippen LogP contribution in [0.1, 0.15) is 15.9 Å². The van der Waals surface area contributed by atoms with E-state index in [2.05, 4.69) is 10.3 Å². The molecule has 1 heterocycles. The monoisotopic (exact) mass is 257 g/mol. The SMILES string of the molecule is N#Cc1cccc(NC(=O)c2cnccc2Cl)c1. The van der Waals surface area contributed by atoms with Crippen molar-refractivity contribution in [3.8, 4) is 6.07 Å². The van der Waals surface area contributed by atoms with E-state index in [1.807, 2.05) is 6.07 Å². The summed E-state index contributed by atoms with van der Waals surface area (Å²) in [6.07, 6.45) is 2.90. The largest absolute Gasteiger partial charge is 0.322 e. The Bertz CT molecular complexity index is 634. The summed E-state index contributed by atoms with van der Waals surface area (Å²) in [5.74, 6) is -0.358. The molecular weight excluding hydrogens is 250 g/mol. The number of nitrogens with one attached hydrogen (secondary N) is 1. The maximum Gasteiger partial charge on any atom is 0.258 e. The molecule has 88 valence electrons. The number of rotatable bonds is 2. The molecule has 0 aliphatic carbocycles. The van der Waals surface area contributed by atoms with Gasteiger partial charge in [0.1, 0.15) is 0 Å². The Kier molecular flexibility index (Phi) is 3.56. The van der Waals surface area contributed by atoms with Crippen LogP contribution in [-0.4, -0.2) is 10.9 Å². The lowest BCUT2D eigenvalue weighted by atomic mass is 10.2. The molecule has 4 nitrogen and oxygen atoms in total. The zero-order valence-corrected chi connectivity index (χ0v) is 9.98. The highest BCUT2D eigenvalue weighted by Gasteiger charge is 2.10. The number of aromatic nitrogens is 1. The summed E-state index contributed by atoms with van der Waals surface area (Å²) in [7, 11) is 0. The molecule has 0 radical (unpaired) electrons. The van der Waals surface area contributed by atoms with Gasteiger partial charge in [-0.1, -0.05) is 17.7 Å². The van der Waals surface area contributed by atoms with Crippen molar-refractivity contribution >= 4 is 23.2 Å². The van der Waals surface area contributed by atoms with E-state index in [1.165, 1.54) is 12.4 Å². The van der Waals surface area contributed by atoms with Crippen molar-refractivity contribution in [2.75, 3.05) is 5.32 Å².